The van der Waals surface area contributed by atoms with Crippen LogP contribution in [0.2, 0.25) is 0 Å². The summed E-state index contributed by atoms with van der Waals surface area (Å²) in [5.41, 5.74) is 2.08. The van der Waals surface area contributed by atoms with Gasteiger partial charge in [0.05, 0.1) is 5.69 Å². The molecule has 17 heavy (non-hydrogen) atoms. The maximum Gasteiger partial charge on any atom is 0.418 e. The van der Waals surface area contributed by atoms with E-state index in [2.05, 4.69) is 13.2 Å². The van der Waals surface area contributed by atoms with Crippen LogP contribution in [0.3, 0.4) is 0 Å². The first-order valence-corrected chi connectivity index (χ1v) is 5.50. The number of carbonyl (C=O) groups excluding carboxylic acids is 1. The molecule has 0 aliphatic rings. The van der Waals surface area contributed by atoms with E-state index in [0.717, 1.165) is 11.1 Å². The van der Waals surface area contributed by atoms with Gasteiger partial charge in [-0.05, 0) is 39.3 Å². The van der Waals surface area contributed by atoms with Crippen molar-refractivity contribution in [2.24, 2.45) is 0 Å². The molecule has 0 saturated carbocycles. The Bertz CT molecular complexity index is 461. The van der Waals surface area contributed by atoms with E-state index in [0.29, 0.717) is 5.69 Å². The molecule has 3 nitrogen and oxygen atoms in total. The monoisotopic (exact) mass is 233 g/mol. The predicted molar refractivity (Wildman–Crippen MR) is 71.0 cm³/mol. The molecule has 3 heteroatoms. The molecule has 0 fully saturated rings. The van der Waals surface area contributed by atoms with Gasteiger partial charge in [0.15, 0.2) is 0 Å². The van der Waals surface area contributed by atoms with Crippen LogP contribution in [0.4, 0.5) is 4.79 Å². The molecule has 1 aromatic rings. The Morgan fingerprint density at radius 1 is 1.35 bits per heavy atom. The Labute approximate surface area is 102 Å². The van der Waals surface area contributed by atoms with Crippen molar-refractivity contribution in [1.82, 2.24) is 4.57 Å². The van der Waals surface area contributed by atoms with Gasteiger partial charge in [-0.1, -0.05) is 19.2 Å². The number of aryl methyl sites for hydroxylation is 1. The van der Waals surface area contributed by atoms with E-state index >= 15 is 0 Å². The lowest BCUT2D eigenvalue weighted by Crippen LogP contribution is -2.27. The van der Waals surface area contributed by atoms with Gasteiger partial charge in [0.25, 0.3) is 0 Å². The van der Waals surface area contributed by atoms with Gasteiger partial charge in [-0.25, -0.2) is 4.79 Å². The van der Waals surface area contributed by atoms with Crippen LogP contribution in [-0.4, -0.2) is 16.3 Å². The van der Waals surface area contributed by atoms with Crippen LogP contribution in [0.25, 0.3) is 12.2 Å². The Morgan fingerprint density at radius 3 is 2.35 bits per heavy atom. The van der Waals surface area contributed by atoms with Gasteiger partial charge in [-0.2, -0.15) is 0 Å². The third-order valence-electron chi connectivity index (χ3n) is 2.27. The molecule has 0 aliphatic heterocycles. The van der Waals surface area contributed by atoms with Crippen LogP contribution in [0.1, 0.15) is 37.6 Å². The molecule has 0 aliphatic carbocycles. The first-order chi connectivity index (χ1) is 7.80. The third-order valence-corrected chi connectivity index (χ3v) is 2.27. The molecule has 0 saturated heterocycles. The van der Waals surface area contributed by atoms with E-state index in [1.165, 1.54) is 4.57 Å². The van der Waals surface area contributed by atoms with Crippen LogP contribution in [0.5, 0.6) is 0 Å². The zero-order valence-corrected chi connectivity index (χ0v) is 10.9. The standard InChI is InChI=1S/C14H19NO2/c1-7-11-10(3)9-15(12(11)8-2)13(16)17-14(4,5)6/h7-9H,1-2H2,3-6H3. The molecular weight excluding hydrogens is 214 g/mol. The van der Waals surface area contributed by atoms with Gasteiger partial charge in [-0.3, -0.25) is 4.57 Å². The molecule has 1 rings (SSSR count). The average molecular weight is 233 g/mol. The summed E-state index contributed by atoms with van der Waals surface area (Å²) in [7, 11) is 0. The van der Waals surface area contributed by atoms with Gasteiger partial charge in [0.2, 0.25) is 0 Å². The summed E-state index contributed by atoms with van der Waals surface area (Å²) >= 11 is 0. The highest BCUT2D eigenvalue weighted by molar-refractivity contribution is 5.79. The zero-order valence-electron chi connectivity index (χ0n) is 10.9. The molecule has 0 unspecified atom stereocenters. The van der Waals surface area contributed by atoms with E-state index in [1.54, 1.807) is 18.3 Å². The highest BCUT2D eigenvalue weighted by Gasteiger charge is 2.20. The predicted octanol–water partition coefficient (Wildman–Crippen LogP) is 3.87. The second-order valence-electron chi connectivity index (χ2n) is 4.87. The molecule has 0 atom stereocenters. The van der Waals surface area contributed by atoms with Crippen LogP contribution in [0.15, 0.2) is 19.4 Å². The van der Waals surface area contributed by atoms with Crippen molar-refractivity contribution in [1.29, 1.82) is 0 Å². The van der Waals surface area contributed by atoms with Crippen LogP contribution < -0.4 is 0 Å². The fraction of sp³-hybridized carbons (Fsp3) is 0.357. The number of hydrogen-bond donors (Lipinski definition) is 0. The second-order valence-corrected chi connectivity index (χ2v) is 4.87. The van der Waals surface area contributed by atoms with Crippen molar-refractivity contribution >= 4 is 18.2 Å². The molecular formula is C14H19NO2. The van der Waals surface area contributed by atoms with Gasteiger partial charge in [0, 0.05) is 11.8 Å². The fourth-order valence-corrected chi connectivity index (χ4v) is 1.60. The topological polar surface area (TPSA) is 31.2 Å². The smallest absolute Gasteiger partial charge is 0.418 e. The first-order valence-electron chi connectivity index (χ1n) is 5.50. The van der Waals surface area contributed by atoms with Crippen molar-refractivity contribution in [3.05, 3.63) is 36.2 Å². The van der Waals surface area contributed by atoms with Crippen molar-refractivity contribution in [2.45, 2.75) is 33.3 Å². The van der Waals surface area contributed by atoms with Crippen molar-refractivity contribution in [3.63, 3.8) is 0 Å². The summed E-state index contributed by atoms with van der Waals surface area (Å²) in [5.74, 6) is 0. The minimum absolute atomic E-state index is 0.399. The third kappa shape index (κ3) is 2.87. The molecule has 0 bridgehead atoms. The number of hydrogen-bond acceptors (Lipinski definition) is 2. The van der Waals surface area contributed by atoms with E-state index in [-0.39, 0.29) is 0 Å². The Kier molecular flexibility index (Phi) is 3.61. The Hall–Kier alpha value is -1.77. The quantitative estimate of drug-likeness (QED) is 0.776. The maximum absolute atomic E-state index is 12.0. The lowest BCUT2D eigenvalue weighted by Gasteiger charge is -2.20. The summed E-state index contributed by atoms with van der Waals surface area (Å²) in [5, 5.41) is 0. The summed E-state index contributed by atoms with van der Waals surface area (Å²) in [6.07, 6.45) is 4.69. The summed E-state index contributed by atoms with van der Waals surface area (Å²) in [6.45, 7) is 14.9. The average Bonchev–Trinajstić information content (AvgIpc) is 2.51. The molecule has 0 spiro atoms. The number of aromatic nitrogens is 1. The van der Waals surface area contributed by atoms with Crippen molar-refractivity contribution in [2.75, 3.05) is 0 Å². The lowest BCUT2D eigenvalue weighted by molar-refractivity contribution is 0.0536. The minimum Gasteiger partial charge on any atom is -0.443 e. The molecule has 0 radical (unpaired) electrons. The normalized spacial score (nSPS) is 11.1. The number of ether oxygens (including phenoxy) is 1. The fourth-order valence-electron chi connectivity index (χ4n) is 1.60. The number of carbonyl (C=O) groups is 1. The van der Waals surface area contributed by atoms with E-state index in [4.69, 9.17) is 4.74 Å². The summed E-state index contributed by atoms with van der Waals surface area (Å²) < 4.78 is 6.78. The van der Waals surface area contributed by atoms with Crippen LogP contribution in [0, 0.1) is 6.92 Å². The lowest BCUT2D eigenvalue weighted by atomic mass is 10.1. The minimum atomic E-state index is -0.512. The largest absolute Gasteiger partial charge is 0.443 e. The number of rotatable bonds is 2. The molecule has 0 N–H and O–H groups in total. The highest BCUT2D eigenvalue weighted by Crippen LogP contribution is 2.21. The molecule has 1 aromatic heterocycles. The van der Waals surface area contributed by atoms with Gasteiger partial charge >= 0.3 is 6.09 Å². The molecule has 92 valence electrons. The Morgan fingerprint density at radius 2 is 1.94 bits per heavy atom. The summed E-state index contributed by atoms with van der Waals surface area (Å²) in [6, 6.07) is 0. The zero-order chi connectivity index (χ0) is 13.2. The first kappa shape index (κ1) is 13.3. The van der Waals surface area contributed by atoms with E-state index in [1.807, 2.05) is 27.7 Å². The molecule has 1 heterocycles. The molecule has 0 amide bonds. The van der Waals surface area contributed by atoms with Gasteiger partial charge in [0.1, 0.15) is 5.60 Å². The van der Waals surface area contributed by atoms with E-state index in [9.17, 15) is 4.79 Å². The second kappa shape index (κ2) is 4.62. The highest BCUT2D eigenvalue weighted by atomic mass is 16.6. The summed E-state index contributed by atoms with van der Waals surface area (Å²) in [4.78, 5) is 12.0. The SMILES string of the molecule is C=Cc1c(C)cn(C(=O)OC(C)(C)C)c1C=C. The van der Waals surface area contributed by atoms with E-state index < -0.39 is 11.7 Å². The maximum atomic E-state index is 12.0. The van der Waals surface area contributed by atoms with Crippen LogP contribution >= 0.6 is 0 Å². The Balaban J connectivity index is 3.19. The van der Waals surface area contributed by atoms with Crippen LogP contribution in [-0.2, 0) is 4.74 Å². The molecule has 0 aromatic carbocycles. The van der Waals surface area contributed by atoms with Gasteiger partial charge in [-0.15, -0.1) is 0 Å². The van der Waals surface area contributed by atoms with Crippen molar-refractivity contribution in [3.8, 4) is 0 Å². The van der Waals surface area contributed by atoms with Crippen molar-refractivity contribution < 1.29 is 9.53 Å². The number of nitrogens with zero attached hydrogens (tertiary/aromatic N) is 1. The van der Waals surface area contributed by atoms with Gasteiger partial charge < -0.3 is 4.74 Å².